The van der Waals surface area contributed by atoms with Crippen molar-refractivity contribution in [3.8, 4) is 11.4 Å². The minimum absolute atomic E-state index is 0.0104. The van der Waals surface area contributed by atoms with Crippen molar-refractivity contribution in [1.29, 1.82) is 0 Å². The zero-order valence-electron chi connectivity index (χ0n) is 14.4. The molecule has 0 unspecified atom stereocenters. The quantitative estimate of drug-likeness (QED) is 0.670. The Bertz CT molecular complexity index is 1000. The number of H-pyrrole nitrogens is 2. The first-order valence-electron chi connectivity index (χ1n) is 8.58. The summed E-state index contributed by atoms with van der Waals surface area (Å²) in [6, 6.07) is 7.66. The van der Waals surface area contributed by atoms with Gasteiger partial charge in [-0.3, -0.25) is 14.7 Å². The van der Waals surface area contributed by atoms with E-state index < -0.39 is 11.5 Å². The van der Waals surface area contributed by atoms with E-state index in [0.717, 1.165) is 35.2 Å². The van der Waals surface area contributed by atoms with Gasteiger partial charge in [0.05, 0.1) is 6.20 Å². The largest absolute Gasteiger partial charge is 0.349 e. The number of nitrogens with one attached hydrogen (secondary N) is 3. The number of aromatic amines is 2. The molecule has 0 saturated carbocycles. The number of rotatable bonds is 3. The van der Waals surface area contributed by atoms with Crippen LogP contribution in [0.15, 0.2) is 41.5 Å². The van der Waals surface area contributed by atoms with Crippen LogP contribution in [0, 0.1) is 6.92 Å². The maximum atomic E-state index is 12.5. The van der Waals surface area contributed by atoms with Crippen LogP contribution in [-0.4, -0.2) is 32.1 Å². The fourth-order valence-electron chi connectivity index (χ4n) is 3.22. The summed E-state index contributed by atoms with van der Waals surface area (Å²) in [5.74, 6) is 0.0541. The zero-order chi connectivity index (χ0) is 18.1. The Labute approximate surface area is 149 Å². The van der Waals surface area contributed by atoms with E-state index in [1.165, 1.54) is 6.20 Å². The van der Waals surface area contributed by atoms with Crippen molar-refractivity contribution in [3.05, 3.63) is 69.4 Å². The van der Waals surface area contributed by atoms with Crippen LogP contribution in [0.5, 0.6) is 0 Å². The van der Waals surface area contributed by atoms with E-state index in [4.69, 9.17) is 0 Å². The summed E-state index contributed by atoms with van der Waals surface area (Å²) in [6.07, 6.45) is 5.49. The predicted molar refractivity (Wildman–Crippen MR) is 96.9 cm³/mol. The lowest BCUT2D eigenvalue weighted by Crippen LogP contribution is -2.40. The molecule has 2 aromatic heterocycles. The summed E-state index contributed by atoms with van der Waals surface area (Å²) < 4.78 is 0. The van der Waals surface area contributed by atoms with Gasteiger partial charge in [-0.2, -0.15) is 5.10 Å². The van der Waals surface area contributed by atoms with Crippen molar-refractivity contribution in [2.45, 2.75) is 32.2 Å². The van der Waals surface area contributed by atoms with Gasteiger partial charge in [-0.1, -0.05) is 29.8 Å². The summed E-state index contributed by atoms with van der Waals surface area (Å²) in [6.45, 7) is 1.99. The molecule has 0 aliphatic heterocycles. The van der Waals surface area contributed by atoms with E-state index in [9.17, 15) is 9.59 Å². The molecule has 1 amide bonds. The standard InChI is InChI=1S/C19H19N5O2/c1-11-2-4-12(5-3-11)17-20-10-15(19(26)23-17)18(25)22-14-6-7-16-13(8-14)9-21-24-16/h2-5,9-10,14H,6-8H2,1H3,(H,21,24)(H,22,25)(H,20,23,26)/t14-/m1/s1. The van der Waals surface area contributed by atoms with Gasteiger partial charge in [0.1, 0.15) is 11.4 Å². The maximum absolute atomic E-state index is 12.5. The fourth-order valence-corrected chi connectivity index (χ4v) is 3.22. The molecule has 26 heavy (non-hydrogen) atoms. The summed E-state index contributed by atoms with van der Waals surface area (Å²) in [5, 5.41) is 9.93. The highest BCUT2D eigenvalue weighted by atomic mass is 16.2. The predicted octanol–water partition coefficient (Wildman–Crippen LogP) is 1.76. The third-order valence-electron chi connectivity index (χ3n) is 4.72. The third-order valence-corrected chi connectivity index (χ3v) is 4.72. The van der Waals surface area contributed by atoms with E-state index in [1.54, 1.807) is 6.20 Å². The molecule has 3 N–H and O–H groups in total. The Balaban J connectivity index is 1.50. The zero-order valence-corrected chi connectivity index (χ0v) is 14.4. The molecule has 0 saturated heterocycles. The number of fused-ring (bicyclic) bond motifs is 1. The Morgan fingerprint density at radius 1 is 1.23 bits per heavy atom. The number of carbonyl (C=O) groups excluding carboxylic acids is 1. The van der Waals surface area contributed by atoms with Crippen molar-refractivity contribution >= 4 is 5.91 Å². The Kier molecular flexibility index (Phi) is 4.12. The molecule has 3 aromatic rings. The lowest BCUT2D eigenvalue weighted by atomic mass is 9.93. The molecular formula is C19H19N5O2. The number of nitrogens with zero attached hydrogens (tertiary/aromatic N) is 2. The highest BCUT2D eigenvalue weighted by Crippen LogP contribution is 2.19. The van der Waals surface area contributed by atoms with Crippen molar-refractivity contribution in [2.24, 2.45) is 0 Å². The highest BCUT2D eigenvalue weighted by Gasteiger charge is 2.23. The van der Waals surface area contributed by atoms with Crippen molar-refractivity contribution in [1.82, 2.24) is 25.5 Å². The molecule has 4 rings (SSSR count). The van der Waals surface area contributed by atoms with Gasteiger partial charge in [0, 0.05) is 23.5 Å². The normalized spacial score (nSPS) is 16.1. The van der Waals surface area contributed by atoms with Gasteiger partial charge in [-0.15, -0.1) is 0 Å². The van der Waals surface area contributed by atoms with Gasteiger partial charge in [0.2, 0.25) is 0 Å². The molecule has 7 nitrogen and oxygen atoms in total. The Morgan fingerprint density at radius 2 is 2.04 bits per heavy atom. The number of benzene rings is 1. The minimum Gasteiger partial charge on any atom is -0.349 e. The first kappa shape index (κ1) is 16.3. The number of hydrogen-bond donors (Lipinski definition) is 3. The van der Waals surface area contributed by atoms with Crippen LogP contribution in [0.25, 0.3) is 11.4 Å². The third kappa shape index (κ3) is 3.15. The maximum Gasteiger partial charge on any atom is 0.264 e. The van der Waals surface area contributed by atoms with Gasteiger partial charge in [0.15, 0.2) is 0 Å². The summed E-state index contributed by atoms with van der Waals surface area (Å²) in [7, 11) is 0. The van der Waals surface area contributed by atoms with Gasteiger partial charge in [-0.05, 0) is 31.7 Å². The van der Waals surface area contributed by atoms with Gasteiger partial charge >= 0.3 is 0 Å². The highest BCUT2D eigenvalue weighted by molar-refractivity contribution is 5.93. The first-order valence-corrected chi connectivity index (χ1v) is 8.58. The van der Waals surface area contributed by atoms with E-state index in [-0.39, 0.29) is 11.6 Å². The molecule has 1 atom stereocenters. The Morgan fingerprint density at radius 3 is 2.81 bits per heavy atom. The molecule has 7 heteroatoms. The average molecular weight is 349 g/mol. The number of aromatic nitrogens is 4. The minimum atomic E-state index is -0.437. The molecule has 0 bridgehead atoms. The van der Waals surface area contributed by atoms with Gasteiger partial charge in [-0.25, -0.2) is 4.98 Å². The molecule has 132 valence electrons. The molecule has 0 fully saturated rings. The lowest BCUT2D eigenvalue weighted by Gasteiger charge is -2.22. The monoisotopic (exact) mass is 349 g/mol. The number of amides is 1. The molecule has 0 radical (unpaired) electrons. The van der Waals surface area contributed by atoms with Crippen LogP contribution >= 0.6 is 0 Å². The van der Waals surface area contributed by atoms with E-state index in [1.807, 2.05) is 31.2 Å². The SMILES string of the molecule is Cc1ccc(-c2ncc(C(=O)N[C@@H]3CCc4[nH]ncc4C3)c(=O)[nH]2)cc1. The van der Waals surface area contributed by atoms with E-state index in [2.05, 4.69) is 25.5 Å². The fraction of sp³-hybridized carbons (Fsp3) is 0.263. The van der Waals surface area contributed by atoms with Crippen LogP contribution in [0.2, 0.25) is 0 Å². The second-order valence-electron chi connectivity index (χ2n) is 6.63. The van der Waals surface area contributed by atoms with Crippen molar-refractivity contribution < 1.29 is 4.79 Å². The second-order valence-corrected chi connectivity index (χ2v) is 6.63. The number of carbonyl (C=O) groups is 1. The van der Waals surface area contributed by atoms with Crippen molar-refractivity contribution in [3.63, 3.8) is 0 Å². The number of hydrogen-bond acceptors (Lipinski definition) is 4. The summed E-state index contributed by atoms with van der Waals surface area (Å²) in [5.41, 5.74) is 3.76. The Hall–Kier alpha value is -3.22. The second kappa shape index (κ2) is 6.59. The van der Waals surface area contributed by atoms with E-state index in [0.29, 0.717) is 12.2 Å². The summed E-state index contributed by atoms with van der Waals surface area (Å²) in [4.78, 5) is 31.8. The lowest BCUT2D eigenvalue weighted by molar-refractivity contribution is 0.0931. The molecule has 1 aliphatic carbocycles. The molecule has 2 heterocycles. The smallest absolute Gasteiger partial charge is 0.264 e. The first-order chi connectivity index (χ1) is 12.6. The molecule has 1 aromatic carbocycles. The van der Waals surface area contributed by atoms with Crippen LogP contribution in [-0.2, 0) is 12.8 Å². The summed E-state index contributed by atoms with van der Waals surface area (Å²) >= 11 is 0. The van der Waals surface area contributed by atoms with Gasteiger partial charge < -0.3 is 10.3 Å². The van der Waals surface area contributed by atoms with Crippen LogP contribution < -0.4 is 10.9 Å². The molecule has 1 aliphatic rings. The van der Waals surface area contributed by atoms with Crippen LogP contribution in [0.1, 0.15) is 33.6 Å². The molecule has 0 spiro atoms. The van der Waals surface area contributed by atoms with Crippen LogP contribution in [0.4, 0.5) is 0 Å². The average Bonchev–Trinajstić information content (AvgIpc) is 3.10. The van der Waals surface area contributed by atoms with E-state index >= 15 is 0 Å². The van der Waals surface area contributed by atoms with Crippen molar-refractivity contribution in [2.75, 3.05) is 0 Å². The van der Waals surface area contributed by atoms with Crippen LogP contribution in [0.3, 0.4) is 0 Å². The number of aryl methyl sites for hydroxylation is 2. The topological polar surface area (TPSA) is 104 Å². The molecular weight excluding hydrogens is 330 g/mol. The van der Waals surface area contributed by atoms with Gasteiger partial charge in [0.25, 0.3) is 11.5 Å².